The Hall–Kier alpha value is -1.57. The number of hydrogen-bond donors (Lipinski definition) is 1. The van der Waals surface area contributed by atoms with Crippen LogP contribution in [0.5, 0.6) is 0 Å². The molecular weight excluding hydrogens is 201 g/mol. The Bertz CT molecular complexity index is 472. The first-order valence-electron chi connectivity index (χ1n) is 5.79. The molecule has 0 fully saturated rings. The first-order chi connectivity index (χ1) is 7.83. The highest BCUT2D eigenvalue weighted by Gasteiger charge is 2.13. The maximum absolute atomic E-state index is 12.8. The lowest BCUT2D eigenvalue weighted by molar-refractivity contribution is 0.628. The Balaban J connectivity index is 2.00. The van der Waals surface area contributed by atoms with Gasteiger partial charge in [0.2, 0.25) is 0 Å². The van der Waals surface area contributed by atoms with Crippen molar-refractivity contribution in [2.45, 2.75) is 25.7 Å². The number of H-pyrrole nitrogens is 1. The van der Waals surface area contributed by atoms with Gasteiger partial charge in [0, 0.05) is 11.4 Å². The van der Waals surface area contributed by atoms with Crippen LogP contribution in [0.1, 0.15) is 24.1 Å². The lowest BCUT2D eigenvalue weighted by atomic mass is 9.98. The number of benzene rings is 1. The van der Waals surface area contributed by atoms with Crippen molar-refractivity contribution in [3.8, 4) is 11.3 Å². The molecule has 2 aromatic rings. The summed E-state index contributed by atoms with van der Waals surface area (Å²) >= 11 is 0. The molecule has 2 heteroatoms. The number of aromatic amines is 1. The van der Waals surface area contributed by atoms with Crippen LogP contribution < -0.4 is 0 Å². The third kappa shape index (κ3) is 1.64. The molecule has 0 aliphatic heterocycles. The highest BCUT2D eigenvalue weighted by molar-refractivity contribution is 5.61. The smallest absolute Gasteiger partial charge is 0.123 e. The van der Waals surface area contributed by atoms with Crippen molar-refractivity contribution in [3.05, 3.63) is 47.4 Å². The molecule has 1 heterocycles. The minimum Gasteiger partial charge on any atom is -0.358 e. The molecule has 0 radical (unpaired) electrons. The van der Waals surface area contributed by atoms with Gasteiger partial charge in [-0.1, -0.05) is 0 Å². The zero-order valence-corrected chi connectivity index (χ0v) is 9.09. The maximum atomic E-state index is 12.8. The molecule has 0 atom stereocenters. The molecule has 0 bridgehead atoms. The molecule has 0 saturated heterocycles. The molecule has 1 N–H and O–H groups in total. The number of hydrogen-bond acceptors (Lipinski definition) is 0. The molecule has 1 aromatic carbocycles. The summed E-state index contributed by atoms with van der Waals surface area (Å²) in [5.74, 6) is -0.180. The Morgan fingerprint density at radius 1 is 1.00 bits per heavy atom. The summed E-state index contributed by atoms with van der Waals surface area (Å²) in [6.45, 7) is 0. The quantitative estimate of drug-likeness (QED) is 0.746. The molecule has 1 aliphatic rings. The number of aromatic nitrogens is 1. The van der Waals surface area contributed by atoms with Gasteiger partial charge in [-0.25, -0.2) is 4.39 Å². The average Bonchev–Trinajstić information content (AvgIpc) is 2.73. The van der Waals surface area contributed by atoms with Crippen LogP contribution >= 0.6 is 0 Å². The normalized spacial score (nSPS) is 14.8. The lowest BCUT2D eigenvalue weighted by Gasteiger charge is -2.09. The summed E-state index contributed by atoms with van der Waals surface area (Å²) in [4.78, 5) is 3.45. The first kappa shape index (κ1) is 9.64. The monoisotopic (exact) mass is 215 g/mol. The second kappa shape index (κ2) is 3.78. The molecule has 1 aliphatic carbocycles. The molecule has 1 nitrogen and oxygen atoms in total. The molecule has 0 spiro atoms. The van der Waals surface area contributed by atoms with Crippen molar-refractivity contribution in [2.75, 3.05) is 0 Å². The topological polar surface area (TPSA) is 15.8 Å². The molecule has 0 amide bonds. The van der Waals surface area contributed by atoms with E-state index in [-0.39, 0.29) is 5.82 Å². The zero-order valence-electron chi connectivity index (χ0n) is 9.09. The van der Waals surface area contributed by atoms with Crippen molar-refractivity contribution in [1.82, 2.24) is 4.98 Å². The van der Waals surface area contributed by atoms with Gasteiger partial charge in [-0.05, 0) is 67.1 Å². The number of halogens is 1. The van der Waals surface area contributed by atoms with Crippen molar-refractivity contribution in [1.29, 1.82) is 0 Å². The molecule has 82 valence electrons. The van der Waals surface area contributed by atoms with E-state index in [1.807, 2.05) is 12.1 Å². The van der Waals surface area contributed by atoms with Gasteiger partial charge < -0.3 is 4.98 Å². The fraction of sp³-hybridized carbons (Fsp3) is 0.286. The van der Waals surface area contributed by atoms with Gasteiger partial charge in [-0.15, -0.1) is 0 Å². The van der Waals surface area contributed by atoms with Crippen LogP contribution in [0.15, 0.2) is 30.3 Å². The Kier molecular flexibility index (Phi) is 2.28. The zero-order chi connectivity index (χ0) is 11.0. The fourth-order valence-electron chi connectivity index (χ4n) is 2.39. The van der Waals surface area contributed by atoms with E-state index >= 15 is 0 Å². The minimum absolute atomic E-state index is 0.180. The minimum atomic E-state index is -0.180. The van der Waals surface area contributed by atoms with Gasteiger partial charge in [0.1, 0.15) is 5.82 Å². The predicted octanol–water partition coefficient (Wildman–Crippen LogP) is 3.70. The Morgan fingerprint density at radius 3 is 2.50 bits per heavy atom. The maximum Gasteiger partial charge on any atom is 0.123 e. The van der Waals surface area contributed by atoms with Crippen LogP contribution in [0, 0.1) is 5.82 Å². The molecule has 3 rings (SSSR count). The molecule has 0 saturated carbocycles. The van der Waals surface area contributed by atoms with E-state index in [0.717, 1.165) is 17.7 Å². The fourth-order valence-corrected chi connectivity index (χ4v) is 2.39. The second-order valence-corrected chi connectivity index (χ2v) is 4.40. The summed E-state index contributed by atoms with van der Waals surface area (Å²) < 4.78 is 12.8. The van der Waals surface area contributed by atoms with Gasteiger partial charge in [0.05, 0.1) is 0 Å². The van der Waals surface area contributed by atoms with Crippen molar-refractivity contribution in [3.63, 3.8) is 0 Å². The molecule has 1 aromatic heterocycles. The van der Waals surface area contributed by atoms with Crippen LogP contribution in [-0.4, -0.2) is 4.98 Å². The van der Waals surface area contributed by atoms with E-state index in [1.165, 1.54) is 42.7 Å². The predicted molar refractivity (Wildman–Crippen MR) is 62.8 cm³/mol. The number of fused-ring (bicyclic) bond motifs is 1. The van der Waals surface area contributed by atoms with Crippen molar-refractivity contribution >= 4 is 0 Å². The van der Waals surface area contributed by atoms with Gasteiger partial charge >= 0.3 is 0 Å². The van der Waals surface area contributed by atoms with Crippen LogP contribution in [0.4, 0.5) is 4.39 Å². The van der Waals surface area contributed by atoms with Crippen molar-refractivity contribution in [2.24, 2.45) is 0 Å². The van der Waals surface area contributed by atoms with Crippen LogP contribution in [0.25, 0.3) is 11.3 Å². The largest absolute Gasteiger partial charge is 0.358 e. The van der Waals surface area contributed by atoms with E-state index in [2.05, 4.69) is 11.1 Å². The SMILES string of the molecule is Fc1ccc(-c2cc3c([nH]2)CCCC3)cc1. The average molecular weight is 215 g/mol. The Labute approximate surface area is 94.3 Å². The summed E-state index contributed by atoms with van der Waals surface area (Å²) in [5, 5.41) is 0. The molecular formula is C14H14FN. The molecule has 16 heavy (non-hydrogen) atoms. The second-order valence-electron chi connectivity index (χ2n) is 4.40. The van der Waals surface area contributed by atoms with E-state index < -0.39 is 0 Å². The Morgan fingerprint density at radius 2 is 1.75 bits per heavy atom. The van der Waals surface area contributed by atoms with Gasteiger partial charge in [-0.2, -0.15) is 0 Å². The van der Waals surface area contributed by atoms with E-state index in [9.17, 15) is 4.39 Å². The van der Waals surface area contributed by atoms with E-state index in [1.54, 1.807) is 0 Å². The standard InChI is InChI=1S/C14H14FN/c15-12-7-5-10(6-8-12)14-9-11-3-1-2-4-13(11)16-14/h5-9,16H,1-4H2. The number of nitrogens with one attached hydrogen (secondary N) is 1. The van der Waals surface area contributed by atoms with Crippen LogP contribution in [0.2, 0.25) is 0 Å². The third-order valence-electron chi connectivity index (χ3n) is 3.27. The summed E-state index contributed by atoms with van der Waals surface area (Å²) in [7, 11) is 0. The van der Waals surface area contributed by atoms with Gasteiger partial charge in [0.25, 0.3) is 0 Å². The van der Waals surface area contributed by atoms with Gasteiger partial charge in [-0.3, -0.25) is 0 Å². The summed E-state index contributed by atoms with van der Waals surface area (Å²) in [6, 6.07) is 8.88. The summed E-state index contributed by atoms with van der Waals surface area (Å²) in [5.41, 5.74) is 4.99. The summed E-state index contributed by atoms with van der Waals surface area (Å²) in [6.07, 6.45) is 4.88. The third-order valence-corrected chi connectivity index (χ3v) is 3.27. The first-order valence-corrected chi connectivity index (χ1v) is 5.79. The van der Waals surface area contributed by atoms with E-state index in [4.69, 9.17) is 0 Å². The lowest BCUT2D eigenvalue weighted by Crippen LogP contribution is -1.99. The van der Waals surface area contributed by atoms with E-state index in [0.29, 0.717) is 0 Å². The highest BCUT2D eigenvalue weighted by atomic mass is 19.1. The highest BCUT2D eigenvalue weighted by Crippen LogP contribution is 2.27. The van der Waals surface area contributed by atoms with Crippen LogP contribution in [0.3, 0.4) is 0 Å². The number of rotatable bonds is 1. The molecule has 0 unspecified atom stereocenters. The van der Waals surface area contributed by atoms with Gasteiger partial charge in [0.15, 0.2) is 0 Å². The van der Waals surface area contributed by atoms with Crippen LogP contribution in [-0.2, 0) is 12.8 Å². The van der Waals surface area contributed by atoms with Crippen molar-refractivity contribution < 1.29 is 4.39 Å². The number of aryl methyl sites for hydroxylation is 2.